The maximum atomic E-state index is 12.4. The number of thiophene rings is 1. The molecule has 112 valence electrons. The van der Waals surface area contributed by atoms with Crippen LogP contribution in [0.15, 0.2) is 6.07 Å². The number of Topliss-reactive ketones (excluding diaryl/α,β-unsaturated/α-hetero) is 1. The number of carbonyl (C=O) groups excluding carboxylic acids is 1. The summed E-state index contributed by atoms with van der Waals surface area (Å²) in [6, 6.07) is 2.04. The maximum Gasteiger partial charge on any atom is 0.177 e. The predicted molar refractivity (Wildman–Crippen MR) is 85.8 cm³/mol. The highest BCUT2D eigenvalue weighted by Gasteiger charge is 2.21. The second-order valence-corrected chi connectivity index (χ2v) is 7.68. The van der Waals surface area contributed by atoms with Crippen LogP contribution in [-0.4, -0.2) is 54.9 Å². The van der Waals surface area contributed by atoms with Crippen molar-refractivity contribution in [1.82, 2.24) is 9.80 Å². The van der Waals surface area contributed by atoms with Crippen molar-refractivity contribution in [3.05, 3.63) is 21.4 Å². The third-order valence-corrected chi connectivity index (χ3v) is 4.76. The highest BCUT2D eigenvalue weighted by atomic mass is 32.1. The normalized spacial score (nSPS) is 17.9. The van der Waals surface area contributed by atoms with Crippen molar-refractivity contribution in [2.24, 2.45) is 5.92 Å². The van der Waals surface area contributed by atoms with E-state index in [-0.39, 0.29) is 5.78 Å². The lowest BCUT2D eigenvalue weighted by Crippen LogP contribution is -2.48. The molecule has 1 aliphatic rings. The van der Waals surface area contributed by atoms with Gasteiger partial charge in [-0.2, -0.15) is 0 Å². The molecule has 1 aliphatic heterocycles. The van der Waals surface area contributed by atoms with Gasteiger partial charge in [0.15, 0.2) is 5.78 Å². The number of aryl methyl sites for hydroxylation is 2. The van der Waals surface area contributed by atoms with Gasteiger partial charge in [0.2, 0.25) is 0 Å². The van der Waals surface area contributed by atoms with Crippen LogP contribution in [0.1, 0.15) is 34.0 Å². The Kier molecular flexibility index (Phi) is 5.35. The average molecular weight is 294 g/mol. The Morgan fingerprint density at radius 3 is 2.30 bits per heavy atom. The second-order valence-electron chi connectivity index (χ2n) is 6.22. The van der Waals surface area contributed by atoms with E-state index in [1.165, 1.54) is 11.4 Å². The number of piperazine rings is 1. The van der Waals surface area contributed by atoms with Crippen LogP contribution in [0.4, 0.5) is 0 Å². The lowest BCUT2D eigenvalue weighted by Gasteiger charge is -2.35. The standard InChI is InChI=1S/C16H26N2OS/c1-12(2)10-17-5-7-18(8-6-17)11-16(19)15-9-13(3)20-14(15)4/h9,12H,5-8,10-11H2,1-4H3. The summed E-state index contributed by atoms with van der Waals surface area (Å²) in [7, 11) is 0. The first-order valence-corrected chi connectivity index (χ1v) is 8.32. The quantitative estimate of drug-likeness (QED) is 0.780. The Morgan fingerprint density at radius 2 is 1.80 bits per heavy atom. The molecule has 0 atom stereocenters. The summed E-state index contributed by atoms with van der Waals surface area (Å²) in [5, 5.41) is 0. The van der Waals surface area contributed by atoms with Gasteiger partial charge in [-0.3, -0.25) is 9.69 Å². The van der Waals surface area contributed by atoms with Gasteiger partial charge in [0.1, 0.15) is 0 Å². The molecule has 0 bridgehead atoms. The smallest absolute Gasteiger partial charge is 0.177 e. The first kappa shape index (κ1) is 15.7. The zero-order valence-corrected chi connectivity index (χ0v) is 13.9. The van der Waals surface area contributed by atoms with Crippen LogP contribution >= 0.6 is 11.3 Å². The molecule has 1 aromatic heterocycles. The minimum atomic E-state index is 0.282. The molecule has 0 amide bonds. The topological polar surface area (TPSA) is 23.6 Å². The van der Waals surface area contributed by atoms with Crippen molar-refractivity contribution >= 4 is 17.1 Å². The summed E-state index contributed by atoms with van der Waals surface area (Å²) in [5.41, 5.74) is 0.928. The summed E-state index contributed by atoms with van der Waals surface area (Å²) < 4.78 is 0. The fraction of sp³-hybridized carbons (Fsp3) is 0.688. The highest BCUT2D eigenvalue weighted by Crippen LogP contribution is 2.21. The minimum absolute atomic E-state index is 0.282. The summed E-state index contributed by atoms with van der Waals surface area (Å²) in [4.78, 5) is 19.5. The Balaban J connectivity index is 1.83. The minimum Gasteiger partial charge on any atom is -0.301 e. The van der Waals surface area contributed by atoms with E-state index in [0.29, 0.717) is 6.54 Å². The van der Waals surface area contributed by atoms with Crippen molar-refractivity contribution in [3.8, 4) is 0 Å². The molecule has 0 saturated carbocycles. The van der Waals surface area contributed by atoms with Crippen molar-refractivity contribution in [2.45, 2.75) is 27.7 Å². The number of hydrogen-bond donors (Lipinski definition) is 0. The van der Waals surface area contributed by atoms with Gasteiger partial charge in [-0.15, -0.1) is 11.3 Å². The molecule has 4 heteroatoms. The molecule has 0 radical (unpaired) electrons. The van der Waals surface area contributed by atoms with Crippen LogP contribution in [0.2, 0.25) is 0 Å². The zero-order valence-electron chi connectivity index (χ0n) is 13.1. The average Bonchev–Trinajstić information content (AvgIpc) is 2.70. The molecule has 1 aromatic rings. The van der Waals surface area contributed by atoms with Crippen LogP contribution in [0.25, 0.3) is 0 Å². The molecule has 0 unspecified atom stereocenters. The second kappa shape index (κ2) is 6.83. The van der Waals surface area contributed by atoms with Crippen LogP contribution in [0.5, 0.6) is 0 Å². The van der Waals surface area contributed by atoms with E-state index in [2.05, 4.69) is 30.6 Å². The summed E-state index contributed by atoms with van der Waals surface area (Å²) in [6.07, 6.45) is 0. The molecule has 20 heavy (non-hydrogen) atoms. The Bertz CT molecular complexity index is 459. The molecule has 2 rings (SSSR count). The van der Waals surface area contributed by atoms with Crippen LogP contribution in [0, 0.1) is 19.8 Å². The zero-order chi connectivity index (χ0) is 14.7. The summed E-state index contributed by atoms with van der Waals surface area (Å²) in [6.45, 7) is 14.6. The SMILES string of the molecule is Cc1cc(C(=O)CN2CCN(CC(C)C)CC2)c(C)s1. The van der Waals surface area contributed by atoms with Crippen LogP contribution in [0.3, 0.4) is 0 Å². The summed E-state index contributed by atoms with van der Waals surface area (Å²) in [5.74, 6) is 1.00. The van der Waals surface area contributed by atoms with Gasteiger partial charge in [-0.1, -0.05) is 13.8 Å². The molecule has 0 aliphatic carbocycles. The van der Waals surface area contributed by atoms with Gasteiger partial charge in [0, 0.05) is 48.0 Å². The number of hydrogen-bond acceptors (Lipinski definition) is 4. The fourth-order valence-corrected chi connectivity index (χ4v) is 3.78. The van der Waals surface area contributed by atoms with Crippen LogP contribution < -0.4 is 0 Å². The van der Waals surface area contributed by atoms with Gasteiger partial charge in [0.25, 0.3) is 0 Å². The molecule has 0 spiro atoms. The van der Waals surface area contributed by atoms with E-state index in [1.807, 2.05) is 13.0 Å². The first-order valence-electron chi connectivity index (χ1n) is 7.50. The molecular formula is C16H26N2OS. The third kappa shape index (κ3) is 4.14. The van der Waals surface area contributed by atoms with Gasteiger partial charge >= 0.3 is 0 Å². The molecule has 3 nitrogen and oxygen atoms in total. The fourth-order valence-electron chi connectivity index (χ4n) is 2.84. The molecule has 2 heterocycles. The van der Waals surface area contributed by atoms with Gasteiger partial charge in [0.05, 0.1) is 6.54 Å². The van der Waals surface area contributed by atoms with Crippen molar-refractivity contribution < 1.29 is 4.79 Å². The number of rotatable bonds is 5. The lowest BCUT2D eigenvalue weighted by atomic mass is 10.1. The van der Waals surface area contributed by atoms with E-state index in [0.717, 1.165) is 42.5 Å². The number of carbonyl (C=O) groups is 1. The molecule has 0 aromatic carbocycles. The van der Waals surface area contributed by atoms with E-state index >= 15 is 0 Å². The van der Waals surface area contributed by atoms with Crippen LogP contribution in [-0.2, 0) is 0 Å². The predicted octanol–water partition coefficient (Wildman–Crippen LogP) is 2.82. The lowest BCUT2D eigenvalue weighted by molar-refractivity contribution is 0.0837. The Labute approximate surface area is 126 Å². The monoisotopic (exact) mass is 294 g/mol. The largest absolute Gasteiger partial charge is 0.301 e. The Morgan fingerprint density at radius 1 is 1.20 bits per heavy atom. The number of ketones is 1. The third-order valence-electron chi connectivity index (χ3n) is 3.80. The van der Waals surface area contributed by atoms with Gasteiger partial charge in [-0.25, -0.2) is 0 Å². The maximum absolute atomic E-state index is 12.4. The van der Waals surface area contributed by atoms with Gasteiger partial charge in [-0.05, 0) is 25.8 Å². The van der Waals surface area contributed by atoms with E-state index in [9.17, 15) is 4.79 Å². The molecule has 0 N–H and O–H groups in total. The van der Waals surface area contributed by atoms with Gasteiger partial charge < -0.3 is 4.90 Å². The van der Waals surface area contributed by atoms with Crippen molar-refractivity contribution in [3.63, 3.8) is 0 Å². The molecule has 1 saturated heterocycles. The van der Waals surface area contributed by atoms with E-state index in [1.54, 1.807) is 11.3 Å². The summed E-state index contributed by atoms with van der Waals surface area (Å²) >= 11 is 1.72. The van der Waals surface area contributed by atoms with Crippen molar-refractivity contribution in [1.29, 1.82) is 0 Å². The van der Waals surface area contributed by atoms with E-state index in [4.69, 9.17) is 0 Å². The highest BCUT2D eigenvalue weighted by molar-refractivity contribution is 7.12. The first-order chi connectivity index (χ1) is 9.45. The molecule has 1 fully saturated rings. The molecular weight excluding hydrogens is 268 g/mol. The van der Waals surface area contributed by atoms with E-state index < -0.39 is 0 Å². The number of nitrogens with zero attached hydrogens (tertiary/aromatic N) is 2. The van der Waals surface area contributed by atoms with Crippen molar-refractivity contribution in [2.75, 3.05) is 39.3 Å². The Hall–Kier alpha value is -0.710.